The molecule has 28 heavy (non-hydrogen) atoms. The van der Waals surface area contributed by atoms with Gasteiger partial charge in [-0.1, -0.05) is 74.9 Å². The van der Waals surface area contributed by atoms with Gasteiger partial charge in [-0.05, 0) is 42.5 Å². The van der Waals surface area contributed by atoms with Crippen molar-refractivity contribution in [3.05, 3.63) is 65.2 Å². The standard InChI is InChI=1S/C23H27N3OS/c1-6-14-26(21(27)17-10-12-19(13-11-17)23(3,4)5)22-25-24-20(28-22)18-9-7-8-16(2)15-18/h7-13,15H,6,14H2,1-5H3. The Kier molecular flexibility index (Phi) is 5.94. The lowest BCUT2D eigenvalue weighted by Gasteiger charge is -2.21. The minimum Gasteiger partial charge on any atom is -0.283 e. The van der Waals surface area contributed by atoms with Gasteiger partial charge < -0.3 is 0 Å². The van der Waals surface area contributed by atoms with Crippen LogP contribution in [0.2, 0.25) is 0 Å². The van der Waals surface area contributed by atoms with Crippen LogP contribution in [0.3, 0.4) is 0 Å². The van der Waals surface area contributed by atoms with Crippen LogP contribution in [-0.2, 0) is 5.41 Å². The Balaban J connectivity index is 1.88. The molecule has 146 valence electrons. The van der Waals surface area contributed by atoms with Crippen molar-refractivity contribution in [1.29, 1.82) is 0 Å². The molecule has 4 nitrogen and oxygen atoms in total. The number of carbonyl (C=O) groups excluding carboxylic acids is 1. The van der Waals surface area contributed by atoms with Crippen molar-refractivity contribution in [2.75, 3.05) is 11.4 Å². The lowest BCUT2D eigenvalue weighted by Crippen LogP contribution is -2.31. The van der Waals surface area contributed by atoms with Gasteiger partial charge in [0.05, 0.1) is 0 Å². The largest absolute Gasteiger partial charge is 0.283 e. The first kappa shape index (κ1) is 20.2. The van der Waals surface area contributed by atoms with Crippen LogP contribution in [-0.4, -0.2) is 22.6 Å². The highest BCUT2D eigenvalue weighted by molar-refractivity contribution is 7.18. The fourth-order valence-corrected chi connectivity index (χ4v) is 3.86. The molecule has 0 aliphatic rings. The molecular formula is C23H27N3OS. The van der Waals surface area contributed by atoms with Gasteiger partial charge in [-0.2, -0.15) is 0 Å². The lowest BCUT2D eigenvalue weighted by molar-refractivity contribution is 0.0986. The number of hydrogen-bond donors (Lipinski definition) is 0. The molecule has 0 saturated carbocycles. The number of rotatable bonds is 5. The van der Waals surface area contributed by atoms with E-state index in [2.05, 4.69) is 56.9 Å². The van der Waals surface area contributed by atoms with Gasteiger partial charge in [0, 0.05) is 17.7 Å². The number of carbonyl (C=O) groups is 1. The monoisotopic (exact) mass is 393 g/mol. The summed E-state index contributed by atoms with van der Waals surface area (Å²) >= 11 is 1.46. The number of benzene rings is 2. The zero-order chi connectivity index (χ0) is 20.3. The van der Waals surface area contributed by atoms with Crippen LogP contribution < -0.4 is 4.90 Å². The average Bonchev–Trinajstić information content (AvgIpc) is 3.15. The molecule has 5 heteroatoms. The van der Waals surface area contributed by atoms with E-state index < -0.39 is 0 Å². The predicted molar refractivity (Wildman–Crippen MR) is 117 cm³/mol. The Labute approximate surface area is 171 Å². The van der Waals surface area contributed by atoms with Gasteiger partial charge in [0.15, 0.2) is 0 Å². The minimum atomic E-state index is -0.0331. The molecule has 1 heterocycles. The number of amides is 1. The summed E-state index contributed by atoms with van der Waals surface area (Å²) < 4.78 is 0. The predicted octanol–water partition coefficient (Wildman–Crippen LogP) is 5.87. The second kappa shape index (κ2) is 8.23. The van der Waals surface area contributed by atoms with E-state index in [0.29, 0.717) is 17.2 Å². The highest BCUT2D eigenvalue weighted by atomic mass is 32.1. The summed E-state index contributed by atoms with van der Waals surface area (Å²) in [5.41, 5.74) is 4.15. The Bertz CT molecular complexity index is 954. The molecule has 0 spiro atoms. The molecule has 0 aliphatic carbocycles. The number of aromatic nitrogens is 2. The van der Waals surface area contributed by atoms with Gasteiger partial charge in [-0.15, -0.1) is 10.2 Å². The molecule has 0 N–H and O–H groups in total. The molecule has 3 rings (SSSR count). The lowest BCUT2D eigenvalue weighted by atomic mass is 9.86. The highest BCUT2D eigenvalue weighted by Crippen LogP contribution is 2.30. The minimum absolute atomic E-state index is 0.0331. The van der Waals surface area contributed by atoms with Gasteiger partial charge in [-0.3, -0.25) is 9.69 Å². The van der Waals surface area contributed by atoms with E-state index in [4.69, 9.17) is 0 Å². The third-order valence-corrected chi connectivity index (χ3v) is 5.60. The normalized spacial score (nSPS) is 11.5. The summed E-state index contributed by atoms with van der Waals surface area (Å²) in [6.07, 6.45) is 0.852. The second-order valence-corrected chi connectivity index (χ2v) is 9.00. The summed E-state index contributed by atoms with van der Waals surface area (Å²) in [6.45, 7) is 11.2. The summed E-state index contributed by atoms with van der Waals surface area (Å²) in [5, 5.41) is 10.1. The van der Waals surface area contributed by atoms with Gasteiger partial charge in [0.1, 0.15) is 5.01 Å². The molecular weight excluding hydrogens is 366 g/mol. The molecule has 2 aromatic carbocycles. The molecule has 3 aromatic rings. The van der Waals surface area contributed by atoms with E-state index in [1.54, 1.807) is 4.90 Å². The van der Waals surface area contributed by atoms with Crippen molar-refractivity contribution in [3.8, 4) is 10.6 Å². The smallest absolute Gasteiger partial charge is 0.260 e. The summed E-state index contributed by atoms with van der Waals surface area (Å²) in [7, 11) is 0. The van der Waals surface area contributed by atoms with Crippen LogP contribution in [0.5, 0.6) is 0 Å². The third-order valence-electron chi connectivity index (χ3n) is 4.60. The van der Waals surface area contributed by atoms with Crippen LogP contribution in [0.25, 0.3) is 10.6 Å². The Hall–Kier alpha value is -2.53. The maximum Gasteiger partial charge on any atom is 0.260 e. The highest BCUT2D eigenvalue weighted by Gasteiger charge is 2.22. The molecule has 0 unspecified atom stereocenters. The topological polar surface area (TPSA) is 46.1 Å². The van der Waals surface area contributed by atoms with Crippen molar-refractivity contribution in [3.63, 3.8) is 0 Å². The van der Waals surface area contributed by atoms with Crippen molar-refractivity contribution in [1.82, 2.24) is 10.2 Å². The fourth-order valence-electron chi connectivity index (χ4n) is 3.00. The van der Waals surface area contributed by atoms with Gasteiger partial charge in [-0.25, -0.2) is 0 Å². The molecule has 0 fully saturated rings. The molecule has 1 amide bonds. The van der Waals surface area contributed by atoms with E-state index in [-0.39, 0.29) is 11.3 Å². The SMILES string of the molecule is CCCN(C(=O)c1ccc(C(C)(C)C)cc1)c1nnc(-c2cccc(C)c2)s1. The number of hydrogen-bond acceptors (Lipinski definition) is 4. The van der Waals surface area contributed by atoms with Crippen molar-refractivity contribution in [2.45, 2.75) is 46.5 Å². The zero-order valence-corrected chi connectivity index (χ0v) is 18.0. The van der Waals surface area contributed by atoms with E-state index >= 15 is 0 Å². The first-order valence-electron chi connectivity index (χ1n) is 9.62. The Morgan fingerprint density at radius 1 is 1.07 bits per heavy atom. The van der Waals surface area contributed by atoms with E-state index in [1.165, 1.54) is 22.5 Å². The maximum atomic E-state index is 13.2. The fraction of sp³-hybridized carbons (Fsp3) is 0.348. The van der Waals surface area contributed by atoms with Crippen molar-refractivity contribution >= 4 is 22.4 Å². The first-order chi connectivity index (χ1) is 13.3. The summed E-state index contributed by atoms with van der Waals surface area (Å²) in [4.78, 5) is 14.9. The summed E-state index contributed by atoms with van der Waals surface area (Å²) in [5.74, 6) is -0.0331. The molecule has 0 bridgehead atoms. The quantitative estimate of drug-likeness (QED) is 0.545. The van der Waals surface area contributed by atoms with E-state index in [0.717, 1.165) is 17.0 Å². The van der Waals surface area contributed by atoms with Crippen molar-refractivity contribution < 1.29 is 4.79 Å². The number of anilines is 1. The number of nitrogens with zero attached hydrogens (tertiary/aromatic N) is 3. The second-order valence-electron chi connectivity index (χ2n) is 8.04. The zero-order valence-electron chi connectivity index (χ0n) is 17.2. The maximum absolute atomic E-state index is 13.2. The third kappa shape index (κ3) is 4.47. The van der Waals surface area contributed by atoms with E-state index in [1.807, 2.05) is 36.4 Å². The van der Waals surface area contributed by atoms with Crippen LogP contribution in [0, 0.1) is 6.92 Å². The Morgan fingerprint density at radius 3 is 2.39 bits per heavy atom. The van der Waals surface area contributed by atoms with Gasteiger partial charge in [0.2, 0.25) is 5.13 Å². The average molecular weight is 394 g/mol. The first-order valence-corrected chi connectivity index (χ1v) is 10.4. The molecule has 1 aromatic heterocycles. The van der Waals surface area contributed by atoms with Crippen LogP contribution >= 0.6 is 11.3 Å². The molecule has 0 saturated heterocycles. The van der Waals surface area contributed by atoms with Gasteiger partial charge in [0.25, 0.3) is 5.91 Å². The molecule has 0 atom stereocenters. The van der Waals surface area contributed by atoms with Gasteiger partial charge >= 0.3 is 0 Å². The summed E-state index contributed by atoms with van der Waals surface area (Å²) in [6, 6.07) is 16.1. The molecule has 0 aliphatic heterocycles. The molecule has 0 radical (unpaired) electrons. The number of aryl methyl sites for hydroxylation is 1. The van der Waals surface area contributed by atoms with Crippen LogP contribution in [0.15, 0.2) is 48.5 Å². The van der Waals surface area contributed by atoms with E-state index in [9.17, 15) is 4.79 Å². The van der Waals surface area contributed by atoms with Crippen molar-refractivity contribution in [2.24, 2.45) is 0 Å². The van der Waals surface area contributed by atoms with Crippen LogP contribution in [0.1, 0.15) is 55.6 Å². The van der Waals surface area contributed by atoms with Crippen LogP contribution in [0.4, 0.5) is 5.13 Å². The Morgan fingerprint density at radius 2 is 1.79 bits per heavy atom.